The summed E-state index contributed by atoms with van der Waals surface area (Å²) in [5, 5.41) is 8.15. The van der Waals surface area contributed by atoms with Crippen molar-refractivity contribution < 1.29 is 14.0 Å². The molecule has 0 unspecified atom stereocenters. The molecule has 1 aromatic heterocycles. The number of pyridine rings is 1. The second-order valence-corrected chi connectivity index (χ2v) is 5.08. The van der Waals surface area contributed by atoms with Gasteiger partial charge in [0.15, 0.2) is 0 Å². The van der Waals surface area contributed by atoms with Gasteiger partial charge in [-0.3, -0.25) is 9.78 Å². The molecular weight excluding hydrogens is 311 g/mol. The van der Waals surface area contributed by atoms with Crippen molar-refractivity contribution in [2.45, 2.75) is 13.0 Å². The molecule has 2 aromatic rings. The molecule has 0 atom stereocenters. The van der Waals surface area contributed by atoms with Gasteiger partial charge in [-0.2, -0.15) is 0 Å². The highest BCUT2D eigenvalue weighted by atomic mass is 19.1. The van der Waals surface area contributed by atoms with E-state index in [2.05, 4.69) is 20.9 Å². The van der Waals surface area contributed by atoms with E-state index in [4.69, 9.17) is 0 Å². The number of hydrogen-bond donors (Lipinski definition) is 3. The van der Waals surface area contributed by atoms with E-state index in [0.717, 1.165) is 5.56 Å². The lowest BCUT2D eigenvalue weighted by Crippen LogP contribution is -2.36. The lowest BCUT2D eigenvalue weighted by Gasteiger charge is -2.08. The SMILES string of the molecule is O=C(NCCCNC(=O)c1ccc(F)cc1)NCc1ccncc1. The van der Waals surface area contributed by atoms with E-state index in [1.165, 1.54) is 24.3 Å². The first-order valence-corrected chi connectivity index (χ1v) is 7.59. The molecule has 0 saturated heterocycles. The number of urea groups is 1. The number of halogens is 1. The number of amides is 3. The third-order valence-electron chi connectivity index (χ3n) is 3.23. The molecule has 0 bridgehead atoms. The first-order chi connectivity index (χ1) is 11.6. The van der Waals surface area contributed by atoms with E-state index >= 15 is 0 Å². The molecule has 2 rings (SSSR count). The number of carbonyl (C=O) groups excluding carboxylic acids is 2. The molecule has 1 heterocycles. The summed E-state index contributed by atoms with van der Waals surface area (Å²) in [5.74, 6) is -0.648. The van der Waals surface area contributed by atoms with Crippen LogP contribution >= 0.6 is 0 Å². The quantitative estimate of drug-likeness (QED) is 0.678. The van der Waals surface area contributed by atoms with Crippen LogP contribution in [0.25, 0.3) is 0 Å². The van der Waals surface area contributed by atoms with Crippen LogP contribution in [-0.2, 0) is 6.54 Å². The molecule has 6 nitrogen and oxygen atoms in total. The van der Waals surface area contributed by atoms with Crippen molar-refractivity contribution in [2.75, 3.05) is 13.1 Å². The number of benzene rings is 1. The fraction of sp³-hybridized carbons (Fsp3) is 0.235. The second-order valence-electron chi connectivity index (χ2n) is 5.08. The lowest BCUT2D eigenvalue weighted by molar-refractivity contribution is 0.0953. The van der Waals surface area contributed by atoms with E-state index < -0.39 is 0 Å². The molecule has 1 aromatic carbocycles. The summed E-state index contributed by atoms with van der Waals surface area (Å²) < 4.78 is 12.8. The zero-order valence-electron chi connectivity index (χ0n) is 13.1. The summed E-state index contributed by atoms with van der Waals surface area (Å²) in [6.45, 7) is 1.28. The largest absolute Gasteiger partial charge is 0.352 e. The summed E-state index contributed by atoms with van der Waals surface area (Å²) in [6.07, 6.45) is 3.92. The average Bonchev–Trinajstić information content (AvgIpc) is 2.61. The van der Waals surface area contributed by atoms with E-state index in [1.807, 2.05) is 12.1 Å². The fourth-order valence-electron chi connectivity index (χ4n) is 1.94. The molecule has 0 aliphatic heterocycles. The van der Waals surface area contributed by atoms with Crippen LogP contribution in [-0.4, -0.2) is 30.0 Å². The number of nitrogens with one attached hydrogen (secondary N) is 3. The summed E-state index contributed by atoms with van der Waals surface area (Å²) in [4.78, 5) is 27.3. The van der Waals surface area contributed by atoms with Gasteiger partial charge in [-0.05, 0) is 48.4 Å². The molecule has 126 valence electrons. The van der Waals surface area contributed by atoms with E-state index in [1.54, 1.807) is 12.4 Å². The van der Waals surface area contributed by atoms with Crippen LogP contribution in [0.2, 0.25) is 0 Å². The Kier molecular flexibility index (Phi) is 6.70. The monoisotopic (exact) mass is 330 g/mol. The molecule has 0 spiro atoms. The highest BCUT2D eigenvalue weighted by Gasteiger charge is 2.05. The molecule has 0 saturated carbocycles. The summed E-state index contributed by atoms with van der Waals surface area (Å²) in [6, 6.07) is 8.71. The van der Waals surface area contributed by atoms with Crippen molar-refractivity contribution in [1.29, 1.82) is 0 Å². The van der Waals surface area contributed by atoms with Crippen LogP contribution in [0.3, 0.4) is 0 Å². The van der Waals surface area contributed by atoms with Crippen molar-refractivity contribution in [3.63, 3.8) is 0 Å². The Bertz CT molecular complexity index is 662. The predicted molar refractivity (Wildman–Crippen MR) is 87.8 cm³/mol. The Morgan fingerprint density at radius 1 is 0.917 bits per heavy atom. The Morgan fingerprint density at radius 3 is 2.29 bits per heavy atom. The van der Waals surface area contributed by atoms with Crippen LogP contribution in [0.4, 0.5) is 9.18 Å². The van der Waals surface area contributed by atoms with Gasteiger partial charge in [-0.15, -0.1) is 0 Å². The number of hydrogen-bond acceptors (Lipinski definition) is 3. The molecule has 3 amide bonds. The van der Waals surface area contributed by atoms with Crippen LogP contribution < -0.4 is 16.0 Å². The van der Waals surface area contributed by atoms with Crippen LogP contribution in [0.5, 0.6) is 0 Å². The minimum absolute atomic E-state index is 0.267. The van der Waals surface area contributed by atoms with Crippen molar-refractivity contribution in [2.24, 2.45) is 0 Å². The molecule has 3 N–H and O–H groups in total. The molecule has 0 fully saturated rings. The van der Waals surface area contributed by atoms with Gasteiger partial charge in [-0.25, -0.2) is 9.18 Å². The standard InChI is InChI=1S/C17H19FN4O2/c18-15-4-2-14(3-5-15)16(23)20-8-1-9-21-17(24)22-12-13-6-10-19-11-7-13/h2-7,10-11H,1,8-9,12H2,(H,20,23)(H2,21,22,24). The maximum Gasteiger partial charge on any atom is 0.315 e. The van der Waals surface area contributed by atoms with Gasteiger partial charge in [-0.1, -0.05) is 0 Å². The lowest BCUT2D eigenvalue weighted by atomic mass is 10.2. The van der Waals surface area contributed by atoms with Gasteiger partial charge in [0.2, 0.25) is 0 Å². The maximum absolute atomic E-state index is 12.8. The third-order valence-corrected chi connectivity index (χ3v) is 3.23. The summed E-state index contributed by atoms with van der Waals surface area (Å²) >= 11 is 0. The number of carbonyl (C=O) groups is 2. The smallest absolute Gasteiger partial charge is 0.315 e. The normalized spacial score (nSPS) is 10.0. The van der Waals surface area contributed by atoms with Crippen LogP contribution in [0.15, 0.2) is 48.8 Å². The second kappa shape index (κ2) is 9.24. The molecule has 0 aliphatic carbocycles. The average molecular weight is 330 g/mol. The summed E-state index contributed by atoms with van der Waals surface area (Å²) in [5.41, 5.74) is 1.37. The van der Waals surface area contributed by atoms with Crippen molar-refractivity contribution in [3.05, 3.63) is 65.7 Å². The fourth-order valence-corrected chi connectivity index (χ4v) is 1.94. The van der Waals surface area contributed by atoms with Gasteiger partial charge in [0.25, 0.3) is 5.91 Å². The molecule has 24 heavy (non-hydrogen) atoms. The highest BCUT2D eigenvalue weighted by Crippen LogP contribution is 2.02. The highest BCUT2D eigenvalue weighted by molar-refractivity contribution is 5.94. The number of rotatable bonds is 7. The Morgan fingerprint density at radius 2 is 1.58 bits per heavy atom. The topological polar surface area (TPSA) is 83.1 Å². The minimum Gasteiger partial charge on any atom is -0.352 e. The van der Waals surface area contributed by atoms with Gasteiger partial charge >= 0.3 is 6.03 Å². The number of nitrogens with zero attached hydrogens (tertiary/aromatic N) is 1. The zero-order valence-corrected chi connectivity index (χ0v) is 13.1. The van der Waals surface area contributed by atoms with Gasteiger partial charge < -0.3 is 16.0 Å². The van der Waals surface area contributed by atoms with Crippen molar-refractivity contribution in [1.82, 2.24) is 20.9 Å². The van der Waals surface area contributed by atoms with Crippen molar-refractivity contribution >= 4 is 11.9 Å². The number of aromatic nitrogens is 1. The molecule has 0 aliphatic rings. The van der Waals surface area contributed by atoms with Gasteiger partial charge in [0.1, 0.15) is 5.82 Å². The Hall–Kier alpha value is -2.96. The third kappa shape index (κ3) is 6.04. The first-order valence-electron chi connectivity index (χ1n) is 7.59. The van der Waals surface area contributed by atoms with E-state index in [-0.39, 0.29) is 17.8 Å². The molecule has 0 radical (unpaired) electrons. The molecule has 7 heteroatoms. The van der Waals surface area contributed by atoms with Crippen molar-refractivity contribution in [3.8, 4) is 0 Å². The zero-order chi connectivity index (χ0) is 17.2. The Balaban J connectivity index is 1.56. The predicted octanol–water partition coefficient (Wildman–Crippen LogP) is 1.84. The Labute approximate surface area is 139 Å². The van der Waals surface area contributed by atoms with Gasteiger partial charge in [0.05, 0.1) is 0 Å². The minimum atomic E-state index is -0.381. The maximum atomic E-state index is 12.8. The van der Waals surface area contributed by atoms with E-state index in [0.29, 0.717) is 31.6 Å². The van der Waals surface area contributed by atoms with E-state index in [9.17, 15) is 14.0 Å². The molecular formula is C17H19FN4O2. The first kappa shape index (κ1) is 17.4. The van der Waals surface area contributed by atoms with Gasteiger partial charge in [0, 0.05) is 37.6 Å². The summed E-state index contributed by atoms with van der Waals surface area (Å²) in [7, 11) is 0. The van der Waals surface area contributed by atoms with Crippen LogP contribution in [0, 0.1) is 5.82 Å². The van der Waals surface area contributed by atoms with Crippen LogP contribution in [0.1, 0.15) is 22.3 Å².